The summed E-state index contributed by atoms with van der Waals surface area (Å²) in [5, 5.41) is 22.0. The van der Waals surface area contributed by atoms with Crippen LogP contribution in [-0.4, -0.2) is 35.1 Å². The fraction of sp³-hybridized carbons (Fsp3) is 0.214. The highest BCUT2D eigenvalue weighted by molar-refractivity contribution is 5.87. The Bertz CT molecular complexity index is 743. The Morgan fingerprint density at radius 3 is 2.52 bits per heavy atom. The zero-order valence-corrected chi connectivity index (χ0v) is 11.7. The van der Waals surface area contributed by atoms with Gasteiger partial charge >= 0.3 is 5.97 Å². The summed E-state index contributed by atoms with van der Waals surface area (Å²) >= 11 is 0. The summed E-state index contributed by atoms with van der Waals surface area (Å²) in [6, 6.07) is 6.60. The lowest BCUT2D eigenvalue weighted by molar-refractivity contribution is 0.0689. The molecule has 2 rings (SSSR count). The number of aromatic nitrogens is 2. The largest absolute Gasteiger partial charge is 0.493 e. The van der Waals surface area contributed by atoms with Crippen molar-refractivity contribution in [1.29, 1.82) is 5.26 Å². The number of carbonyl (C=O) groups is 1. The third-order valence-corrected chi connectivity index (χ3v) is 2.98. The molecule has 0 fully saturated rings. The maximum Gasteiger partial charge on any atom is 0.356 e. The normalized spacial score (nSPS) is 10.0. The molecule has 0 aliphatic carbocycles. The first-order chi connectivity index (χ1) is 10.0. The number of carboxylic acids is 1. The molecular weight excluding hydrogens is 274 g/mol. The first-order valence-electron chi connectivity index (χ1n) is 5.95. The predicted molar refractivity (Wildman–Crippen MR) is 73.4 cm³/mol. The number of hydrogen-bond donors (Lipinski definition) is 1. The Morgan fingerprint density at radius 2 is 2.05 bits per heavy atom. The van der Waals surface area contributed by atoms with Gasteiger partial charge in [0.05, 0.1) is 31.5 Å². The average Bonchev–Trinajstić information content (AvgIpc) is 2.87. The SMILES string of the molecule is COc1cc(C#N)cc(-c2cc(C(=O)O)nn2C)c1OC. The predicted octanol–water partition coefficient (Wildman–Crippen LogP) is 1.67. The van der Waals surface area contributed by atoms with E-state index in [9.17, 15) is 4.79 Å². The fourth-order valence-electron chi connectivity index (χ4n) is 2.04. The number of benzene rings is 1. The molecule has 0 amide bonds. The van der Waals surface area contributed by atoms with Crippen molar-refractivity contribution in [3.05, 3.63) is 29.5 Å². The van der Waals surface area contributed by atoms with E-state index in [0.717, 1.165) is 0 Å². The van der Waals surface area contributed by atoms with Gasteiger partial charge < -0.3 is 14.6 Å². The Morgan fingerprint density at radius 1 is 1.33 bits per heavy atom. The van der Waals surface area contributed by atoms with Gasteiger partial charge in [-0.05, 0) is 12.1 Å². The topological polar surface area (TPSA) is 97.4 Å². The molecule has 7 nitrogen and oxygen atoms in total. The van der Waals surface area contributed by atoms with Gasteiger partial charge in [-0.25, -0.2) is 4.79 Å². The summed E-state index contributed by atoms with van der Waals surface area (Å²) in [6.45, 7) is 0. The molecule has 0 spiro atoms. The molecule has 0 aliphatic rings. The van der Waals surface area contributed by atoms with E-state index in [1.807, 2.05) is 6.07 Å². The molecule has 7 heteroatoms. The lowest BCUT2D eigenvalue weighted by Crippen LogP contribution is -2.00. The van der Waals surface area contributed by atoms with Crippen LogP contribution in [0.2, 0.25) is 0 Å². The third kappa shape index (κ3) is 2.51. The highest BCUT2D eigenvalue weighted by Crippen LogP contribution is 2.39. The quantitative estimate of drug-likeness (QED) is 0.918. The summed E-state index contributed by atoms with van der Waals surface area (Å²) in [4.78, 5) is 11.0. The zero-order valence-electron chi connectivity index (χ0n) is 11.7. The molecule has 0 saturated carbocycles. The fourth-order valence-corrected chi connectivity index (χ4v) is 2.04. The van der Waals surface area contributed by atoms with Gasteiger partial charge in [0.1, 0.15) is 0 Å². The molecule has 0 bridgehead atoms. The van der Waals surface area contributed by atoms with E-state index in [0.29, 0.717) is 28.3 Å². The number of ether oxygens (including phenoxy) is 2. The zero-order chi connectivity index (χ0) is 15.6. The van der Waals surface area contributed by atoms with Crippen molar-refractivity contribution in [2.24, 2.45) is 7.05 Å². The van der Waals surface area contributed by atoms with Crippen LogP contribution in [0.4, 0.5) is 0 Å². The van der Waals surface area contributed by atoms with Crippen LogP contribution in [0, 0.1) is 11.3 Å². The van der Waals surface area contributed by atoms with E-state index < -0.39 is 5.97 Å². The monoisotopic (exact) mass is 287 g/mol. The van der Waals surface area contributed by atoms with Crippen molar-refractivity contribution >= 4 is 5.97 Å². The first-order valence-corrected chi connectivity index (χ1v) is 5.95. The molecule has 1 N–H and O–H groups in total. The number of carboxylic acid groups (broad SMARTS) is 1. The van der Waals surface area contributed by atoms with E-state index in [1.165, 1.54) is 25.0 Å². The van der Waals surface area contributed by atoms with Crippen LogP contribution in [0.3, 0.4) is 0 Å². The van der Waals surface area contributed by atoms with Gasteiger partial charge in [0.2, 0.25) is 0 Å². The van der Waals surface area contributed by atoms with Crippen LogP contribution < -0.4 is 9.47 Å². The number of aromatic carboxylic acids is 1. The van der Waals surface area contributed by atoms with Gasteiger partial charge in [0.15, 0.2) is 17.2 Å². The first kappa shape index (κ1) is 14.4. The third-order valence-electron chi connectivity index (χ3n) is 2.98. The van der Waals surface area contributed by atoms with Crippen LogP contribution in [0.15, 0.2) is 18.2 Å². The van der Waals surface area contributed by atoms with Gasteiger partial charge in [-0.2, -0.15) is 10.4 Å². The molecule has 0 radical (unpaired) electrons. The molecule has 0 unspecified atom stereocenters. The molecule has 21 heavy (non-hydrogen) atoms. The molecule has 0 atom stereocenters. The number of nitriles is 1. The second-order valence-electron chi connectivity index (χ2n) is 4.21. The number of rotatable bonds is 4. The molecule has 1 aromatic heterocycles. The second-order valence-corrected chi connectivity index (χ2v) is 4.21. The Kier molecular flexibility index (Phi) is 3.80. The van der Waals surface area contributed by atoms with Gasteiger partial charge in [-0.3, -0.25) is 4.68 Å². The number of methoxy groups -OCH3 is 2. The molecule has 0 saturated heterocycles. The molecule has 108 valence electrons. The van der Waals surface area contributed by atoms with Crippen molar-refractivity contribution in [2.45, 2.75) is 0 Å². The maximum atomic E-state index is 11.0. The summed E-state index contributed by atoms with van der Waals surface area (Å²) < 4.78 is 12.0. The van der Waals surface area contributed by atoms with Crippen LogP contribution >= 0.6 is 0 Å². The van der Waals surface area contributed by atoms with E-state index >= 15 is 0 Å². The van der Waals surface area contributed by atoms with E-state index in [1.54, 1.807) is 19.2 Å². The van der Waals surface area contributed by atoms with Crippen molar-refractivity contribution in [3.8, 4) is 28.8 Å². The lowest BCUT2D eigenvalue weighted by Gasteiger charge is -2.13. The molecule has 2 aromatic rings. The second kappa shape index (κ2) is 5.54. The molecule has 1 heterocycles. The minimum absolute atomic E-state index is 0.0871. The highest BCUT2D eigenvalue weighted by Gasteiger charge is 2.19. The summed E-state index contributed by atoms with van der Waals surface area (Å²) in [7, 11) is 4.56. The number of nitrogens with zero attached hydrogens (tertiary/aromatic N) is 3. The Labute approximate surface area is 120 Å². The van der Waals surface area contributed by atoms with Gasteiger partial charge in [0, 0.05) is 18.7 Å². The number of aryl methyl sites for hydroxylation is 1. The van der Waals surface area contributed by atoms with E-state index in [-0.39, 0.29) is 5.69 Å². The van der Waals surface area contributed by atoms with Gasteiger partial charge in [-0.15, -0.1) is 0 Å². The maximum absolute atomic E-state index is 11.0. The standard InChI is InChI=1S/C14H13N3O4/c1-17-11(6-10(16-17)14(18)19)9-4-8(7-15)5-12(20-2)13(9)21-3/h4-6H,1-3H3,(H,18,19). The minimum atomic E-state index is -1.13. The highest BCUT2D eigenvalue weighted by atomic mass is 16.5. The minimum Gasteiger partial charge on any atom is -0.493 e. The summed E-state index contributed by atoms with van der Waals surface area (Å²) in [5.74, 6) is -0.319. The van der Waals surface area contributed by atoms with Crippen LogP contribution in [0.1, 0.15) is 16.1 Å². The van der Waals surface area contributed by atoms with Crippen molar-refractivity contribution < 1.29 is 19.4 Å². The molecule has 0 aliphatic heterocycles. The van der Waals surface area contributed by atoms with E-state index in [2.05, 4.69) is 5.10 Å². The summed E-state index contributed by atoms with van der Waals surface area (Å²) in [5.41, 5.74) is 1.34. The van der Waals surface area contributed by atoms with Crippen LogP contribution in [0.5, 0.6) is 11.5 Å². The average molecular weight is 287 g/mol. The van der Waals surface area contributed by atoms with E-state index in [4.69, 9.17) is 19.8 Å². The Balaban J connectivity index is 2.73. The molecular formula is C14H13N3O4. The van der Waals surface area contributed by atoms with Crippen molar-refractivity contribution in [1.82, 2.24) is 9.78 Å². The van der Waals surface area contributed by atoms with Crippen molar-refractivity contribution in [2.75, 3.05) is 14.2 Å². The lowest BCUT2D eigenvalue weighted by atomic mass is 10.1. The van der Waals surface area contributed by atoms with Crippen LogP contribution in [0.25, 0.3) is 11.3 Å². The van der Waals surface area contributed by atoms with Gasteiger partial charge in [-0.1, -0.05) is 0 Å². The number of hydrogen-bond acceptors (Lipinski definition) is 5. The van der Waals surface area contributed by atoms with Crippen molar-refractivity contribution in [3.63, 3.8) is 0 Å². The van der Waals surface area contributed by atoms with Gasteiger partial charge in [0.25, 0.3) is 0 Å². The summed E-state index contributed by atoms with van der Waals surface area (Å²) in [6.07, 6.45) is 0. The molecule has 1 aromatic carbocycles. The smallest absolute Gasteiger partial charge is 0.356 e. The Hall–Kier alpha value is -3.01. The van der Waals surface area contributed by atoms with Crippen LogP contribution in [-0.2, 0) is 7.05 Å².